The first-order chi connectivity index (χ1) is 9.15. The van der Waals surface area contributed by atoms with E-state index in [1.54, 1.807) is 7.11 Å². The molecule has 3 N–H and O–H groups in total. The van der Waals surface area contributed by atoms with Gasteiger partial charge in [-0.3, -0.25) is 0 Å². The Hall–Kier alpha value is -1.91. The van der Waals surface area contributed by atoms with Crippen molar-refractivity contribution >= 4 is 11.5 Å². The van der Waals surface area contributed by atoms with E-state index in [0.717, 1.165) is 29.5 Å². The Balaban J connectivity index is 2.27. The van der Waals surface area contributed by atoms with Crippen LogP contribution in [0.25, 0.3) is 0 Å². The topological polar surface area (TPSA) is 71.1 Å². The van der Waals surface area contributed by atoms with Gasteiger partial charge < -0.3 is 20.6 Å². The first-order valence-corrected chi connectivity index (χ1v) is 6.52. The summed E-state index contributed by atoms with van der Waals surface area (Å²) in [7, 11) is 3.66. The minimum Gasteiger partial charge on any atom is -0.497 e. The number of benzene rings is 1. The predicted molar refractivity (Wildman–Crippen MR) is 76.1 cm³/mol. The molecule has 0 unspecified atom stereocenters. The van der Waals surface area contributed by atoms with Gasteiger partial charge in [0.2, 0.25) is 0 Å². The van der Waals surface area contributed by atoms with Gasteiger partial charge in [0.1, 0.15) is 5.75 Å². The average molecular weight is 263 g/mol. The van der Waals surface area contributed by atoms with Crippen LogP contribution >= 0.6 is 0 Å². The Bertz CT molecular complexity index is 470. The van der Waals surface area contributed by atoms with Gasteiger partial charge in [-0.2, -0.15) is 0 Å². The van der Waals surface area contributed by atoms with Gasteiger partial charge in [0.25, 0.3) is 0 Å². The van der Waals surface area contributed by atoms with Crippen LogP contribution in [0.2, 0.25) is 0 Å². The number of ether oxygens (including phenoxy) is 1. The van der Waals surface area contributed by atoms with E-state index in [2.05, 4.69) is 10.1 Å². The lowest BCUT2D eigenvalue weighted by Crippen LogP contribution is -2.31. The van der Waals surface area contributed by atoms with E-state index in [4.69, 9.17) is 15.7 Å². The fourth-order valence-electron chi connectivity index (χ4n) is 2.39. The highest BCUT2D eigenvalue weighted by Crippen LogP contribution is 2.31. The second-order valence-corrected chi connectivity index (χ2v) is 5.05. The summed E-state index contributed by atoms with van der Waals surface area (Å²) < 4.78 is 5.25. The van der Waals surface area contributed by atoms with Crippen molar-refractivity contribution in [2.24, 2.45) is 16.8 Å². The molecule has 0 bridgehead atoms. The monoisotopic (exact) mass is 263 g/mol. The third-order valence-corrected chi connectivity index (χ3v) is 3.76. The molecule has 1 saturated carbocycles. The minimum absolute atomic E-state index is 0.123. The van der Waals surface area contributed by atoms with Crippen molar-refractivity contribution in [1.82, 2.24) is 0 Å². The molecule has 5 heteroatoms. The molecule has 2 rings (SSSR count). The predicted octanol–water partition coefficient (Wildman–Crippen LogP) is 2.03. The van der Waals surface area contributed by atoms with Crippen molar-refractivity contribution < 1.29 is 9.94 Å². The van der Waals surface area contributed by atoms with Gasteiger partial charge in [0.15, 0.2) is 5.84 Å². The molecule has 1 aliphatic carbocycles. The average Bonchev–Trinajstić information content (AvgIpc) is 2.41. The van der Waals surface area contributed by atoms with Crippen LogP contribution in [0.5, 0.6) is 5.75 Å². The maximum absolute atomic E-state index is 8.87. The van der Waals surface area contributed by atoms with Crippen LogP contribution in [-0.4, -0.2) is 31.7 Å². The summed E-state index contributed by atoms with van der Waals surface area (Å²) in [6, 6.07) is 5.56. The molecule has 0 aliphatic heterocycles. The van der Waals surface area contributed by atoms with Gasteiger partial charge >= 0.3 is 0 Å². The van der Waals surface area contributed by atoms with Crippen LogP contribution in [0.3, 0.4) is 0 Å². The molecule has 1 aliphatic rings. The molecular weight excluding hydrogens is 242 g/mol. The molecule has 5 nitrogen and oxygen atoms in total. The Morgan fingerprint density at radius 3 is 2.79 bits per heavy atom. The van der Waals surface area contributed by atoms with Gasteiger partial charge in [-0.1, -0.05) is 11.6 Å². The quantitative estimate of drug-likeness (QED) is 0.369. The first kappa shape index (κ1) is 13.5. The van der Waals surface area contributed by atoms with E-state index >= 15 is 0 Å². The number of rotatable bonds is 5. The summed E-state index contributed by atoms with van der Waals surface area (Å²) in [5.74, 6) is 1.64. The van der Waals surface area contributed by atoms with E-state index < -0.39 is 0 Å². The lowest BCUT2D eigenvalue weighted by Gasteiger charge is -2.32. The molecule has 0 atom stereocenters. The number of anilines is 1. The number of nitrogens with two attached hydrogens (primary N) is 1. The molecular formula is C14H21N3O2. The molecule has 0 radical (unpaired) electrons. The van der Waals surface area contributed by atoms with Crippen LogP contribution in [0.15, 0.2) is 23.4 Å². The Morgan fingerprint density at radius 1 is 1.53 bits per heavy atom. The summed E-state index contributed by atoms with van der Waals surface area (Å²) in [5.41, 5.74) is 7.39. The van der Waals surface area contributed by atoms with E-state index in [-0.39, 0.29) is 5.84 Å². The number of hydrogen-bond acceptors (Lipinski definition) is 4. The van der Waals surface area contributed by atoms with Crippen LogP contribution < -0.4 is 15.4 Å². The van der Waals surface area contributed by atoms with E-state index in [1.165, 1.54) is 19.3 Å². The van der Waals surface area contributed by atoms with E-state index in [9.17, 15) is 0 Å². The molecule has 104 valence electrons. The Kier molecular flexibility index (Phi) is 4.14. The van der Waals surface area contributed by atoms with Crippen molar-refractivity contribution in [1.29, 1.82) is 0 Å². The molecule has 0 spiro atoms. The number of hydrogen-bond donors (Lipinski definition) is 2. The zero-order chi connectivity index (χ0) is 13.8. The lowest BCUT2D eigenvalue weighted by atomic mass is 9.85. The second-order valence-electron chi connectivity index (χ2n) is 5.05. The van der Waals surface area contributed by atoms with Crippen LogP contribution in [-0.2, 0) is 0 Å². The highest BCUT2D eigenvalue weighted by molar-refractivity contribution is 6.02. The van der Waals surface area contributed by atoms with Crippen LogP contribution in [0.4, 0.5) is 5.69 Å². The van der Waals surface area contributed by atoms with E-state index in [0.29, 0.717) is 0 Å². The molecule has 0 heterocycles. The molecule has 1 fully saturated rings. The summed E-state index contributed by atoms with van der Waals surface area (Å²) in [5, 5.41) is 12.0. The number of oxime groups is 1. The van der Waals surface area contributed by atoms with Gasteiger partial charge in [-0.15, -0.1) is 0 Å². The van der Waals surface area contributed by atoms with Crippen LogP contribution in [0, 0.1) is 5.92 Å². The first-order valence-electron chi connectivity index (χ1n) is 6.52. The summed E-state index contributed by atoms with van der Waals surface area (Å²) in [6.45, 7) is 0.985. The van der Waals surface area contributed by atoms with Crippen molar-refractivity contribution in [3.63, 3.8) is 0 Å². The van der Waals surface area contributed by atoms with Crippen molar-refractivity contribution in [2.45, 2.75) is 19.3 Å². The third kappa shape index (κ3) is 2.92. The van der Waals surface area contributed by atoms with Crippen LogP contribution in [0.1, 0.15) is 24.8 Å². The van der Waals surface area contributed by atoms with Gasteiger partial charge in [0, 0.05) is 25.2 Å². The minimum atomic E-state index is 0.123. The van der Waals surface area contributed by atoms with Gasteiger partial charge in [0.05, 0.1) is 12.8 Å². The third-order valence-electron chi connectivity index (χ3n) is 3.76. The maximum Gasteiger partial charge on any atom is 0.172 e. The maximum atomic E-state index is 8.87. The fourth-order valence-corrected chi connectivity index (χ4v) is 2.39. The summed E-state index contributed by atoms with van der Waals surface area (Å²) in [6.07, 6.45) is 3.89. The highest BCUT2D eigenvalue weighted by Gasteiger charge is 2.21. The smallest absolute Gasteiger partial charge is 0.172 e. The molecule has 0 saturated heterocycles. The molecule has 19 heavy (non-hydrogen) atoms. The summed E-state index contributed by atoms with van der Waals surface area (Å²) in [4.78, 5) is 2.15. The number of amidine groups is 1. The lowest BCUT2D eigenvalue weighted by molar-refractivity contribution is 0.318. The highest BCUT2D eigenvalue weighted by atomic mass is 16.5. The largest absolute Gasteiger partial charge is 0.497 e. The van der Waals surface area contributed by atoms with Gasteiger partial charge in [-0.05, 0) is 30.9 Å². The SMILES string of the molecule is COc1ccc(/C(N)=N/O)c(N(C)CC2CCC2)c1. The second kappa shape index (κ2) is 5.82. The number of methoxy groups -OCH3 is 1. The molecule has 1 aromatic carbocycles. The van der Waals surface area contributed by atoms with Gasteiger partial charge in [-0.25, -0.2) is 0 Å². The fraction of sp³-hybridized carbons (Fsp3) is 0.500. The molecule has 0 aromatic heterocycles. The standard InChI is InChI=1S/C14H21N3O2/c1-17(9-10-4-3-5-10)13-8-11(19-2)6-7-12(13)14(15)16-18/h6-8,10,18H,3-5,9H2,1-2H3,(H2,15,16). The number of nitrogens with zero attached hydrogens (tertiary/aromatic N) is 2. The van der Waals surface area contributed by atoms with Crippen molar-refractivity contribution in [3.8, 4) is 5.75 Å². The zero-order valence-corrected chi connectivity index (χ0v) is 11.5. The Morgan fingerprint density at radius 2 is 2.26 bits per heavy atom. The van der Waals surface area contributed by atoms with Crippen molar-refractivity contribution in [2.75, 3.05) is 25.6 Å². The summed E-state index contributed by atoms with van der Waals surface area (Å²) >= 11 is 0. The molecule has 1 aromatic rings. The Labute approximate surface area is 113 Å². The van der Waals surface area contributed by atoms with Crippen molar-refractivity contribution in [3.05, 3.63) is 23.8 Å². The van der Waals surface area contributed by atoms with E-state index in [1.807, 2.05) is 25.2 Å². The normalized spacial score (nSPS) is 16.0. The molecule has 0 amide bonds. The zero-order valence-electron chi connectivity index (χ0n) is 11.5.